The topological polar surface area (TPSA) is 51.8 Å². The predicted molar refractivity (Wildman–Crippen MR) is 70.5 cm³/mol. The molecule has 0 unspecified atom stereocenters. The van der Waals surface area contributed by atoms with Gasteiger partial charge in [-0.05, 0) is 30.5 Å². The quantitative estimate of drug-likeness (QED) is 0.944. The van der Waals surface area contributed by atoms with Gasteiger partial charge in [0, 0.05) is 10.9 Å². The molecule has 0 aliphatic heterocycles. The lowest BCUT2D eigenvalue weighted by molar-refractivity contribution is 0.802. The molecule has 2 rings (SSSR count). The van der Waals surface area contributed by atoms with E-state index in [-0.39, 0.29) is 0 Å². The summed E-state index contributed by atoms with van der Waals surface area (Å²) in [6.45, 7) is 0. The fourth-order valence-corrected chi connectivity index (χ4v) is 2.38. The predicted octanol–water partition coefficient (Wildman–Crippen LogP) is 3.06. The highest BCUT2D eigenvalue weighted by Gasteiger charge is 2.01. The number of nitrogen functional groups attached to an aromatic ring is 1. The lowest BCUT2D eigenvalue weighted by atomic mass is 10.1. The second kappa shape index (κ2) is 5.41. The van der Waals surface area contributed by atoms with Crippen molar-refractivity contribution in [2.75, 3.05) is 5.73 Å². The van der Waals surface area contributed by atoms with E-state index in [4.69, 9.17) is 5.73 Å². The van der Waals surface area contributed by atoms with Gasteiger partial charge in [0.05, 0.1) is 0 Å². The molecule has 1 aromatic carbocycles. The zero-order valence-corrected chi connectivity index (χ0v) is 11.1. The molecule has 0 spiro atoms. The molecule has 1 heterocycles. The van der Waals surface area contributed by atoms with E-state index in [1.807, 2.05) is 0 Å². The van der Waals surface area contributed by atoms with Crippen molar-refractivity contribution in [3.05, 3.63) is 39.3 Å². The molecule has 16 heavy (non-hydrogen) atoms. The first-order valence-corrected chi connectivity index (χ1v) is 6.67. The molecule has 2 N–H and O–H groups in total. The van der Waals surface area contributed by atoms with Crippen LogP contribution in [0, 0.1) is 0 Å². The third-order valence-electron chi connectivity index (χ3n) is 2.25. The summed E-state index contributed by atoms with van der Waals surface area (Å²) in [5, 5.41) is 9.37. The molecule has 0 aliphatic rings. The highest BCUT2D eigenvalue weighted by atomic mass is 79.9. The van der Waals surface area contributed by atoms with Crippen LogP contribution in [0.2, 0.25) is 0 Å². The van der Waals surface area contributed by atoms with Crippen LogP contribution in [0.25, 0.3) is 0 Å². The Labute approximate surface area is 107 Å². The standard InChI is InChI=1S/C11H12BrN3S/c12-9-6-4-8(5-7-9)2-1-3-10-14-15-11(13)16-10/h4-7H,1-3H2,(H2,13,15). The Balaban J connectivity index is 1.82. The van der Waals surface area contributed by atoms with Gasteiger partial charge in [0.25, 0.3) is 0 Å². The lowest BCUT2D eigenvalue weighted by Crippen LogP contribution is -1.89. The number of aryl methyl sites for hydroxylation is 2. The average molecular weight is 298 g/mol. The largest absolute Gasteiger partial charge is 0.374 e. The first-order chi connectivity index (χ1) is 7.74. The van der Waals surface area contributed by atoms with E-state index in [0.717, 1.165) is 28.7 Å². The summed E-state index contributed by atoms with van der Waals surface area (Å²) in [7, 11) is 0. The minimum absolute atomic E-state index is 0.554. The number of benzene rings is 1. The number of nitrogens with zero attached hydrogens (tertiary/aromatic N) is 2. The van der Waals surface area contributed by atoms with Crippen LogP contribution in [0.5, 0.6) is 0 Å². The first-order valence-electron chi connectivity index (χ1n) is 5.06. The smallest absolute Gasteiger partial charge is 0.203 e. The van der Waals surface area contributed by atoms with Crippen molar-refractivity contribution in [1.29, 1.82) is 0 Å². The monoisotopic (exact) mass is 297 g/mol. The summed E-state index contributed by atoms with van der Waals surface area (Å²) in [6.07, 6.45) is 3.09. The first kappa shape index (κ1) is 11.5. The SMILES string of the molecule is Nc1nnc(CCCc2ccc(Br)cc2)s1. The fraction of sp³-hybridized carbons (Fsp3) is 0.273. The van der Waals surface area contributed by atoms with Crippen LogP contribution in [0.3, 0.4) is 0 Å². The fourth-order valence-electron chi connectivity index (χ4n) is 1.46. The Kier molecular flexibility index (Phi) is 3.90. The molecule has 0 bridgehead atoms. The van der Waals surface area contributed by atoms with Crippen molar-refractivity contribution < 1.29 is 0 Å². The second-order valence-corrected chi connectivity index (χ2v) is 5.52. The van der Waals surface area contributed by atoms with E-state index in [1.54, 1.807) is 0 Å². The summed E-state index contributed by atoms with van der Waals surface area (Å²) in [5.74, 6) is 0. The molecule has 0 atom stereocenters. The summed E-state index contributed by atoms with van der Waals surface area (Å²) in [4.78, 5) is 0. The van der Waals surface area contributed by atoms with Gasteiger partial charge >= 0.3 is 0 Å². The Bertz CT molecular complexity index is 453. The van der Waals surface area contributed by atoms with Gasteiger partial charge in [0.2, 0.25) is 5.13 Å². The number of hydrogen-bond acceptors (Lipinski definition) is 4. The van der Waals surface area contributed by atoms with Crippen LogP contribution in [-0.4, -0.2) is 10.2 Å². The molecular formula is C11H12BrN3S. The third-order valence-corrected chi connectivity index (χ3v) is 3.59. The maximum atomic E-state index is 5.52. The van der Waals surface area contributed by atoms with E-state index in [0.29, 0.717) is 5.13 Å². The van der Waals surface area contributed by atoms with Crippen LogP contribution in [0.1, 0.15) is 17.0 Å². The van der Waals surface area contributed by atoms with E-state index >= 15 is 0 Å². The minimum atomic E-state index is 0.554. The van der Waals surface area contributed by atoms with Crippen molar-refractivity contribution in [1.82, 2.24) is 10.2 Å². The molecule has 84 valence electrons. The van der Waals surface area contributed by atoms with E-state index < -0.39 is 0 Å². The Hall–Kier alpha value is -0.940. The molecule has 3 nitrogen and oxygen atoms in total. The summed E-state index contributed by atoms with van der Waals surface area (Å²) < 4.78 is 1.12. The third kappa shape index (κ3) is 3.28. The lowest BCUT2D eigenvalue weighted by Gasteiger charge is -1.99. The van der Waals surface area contributed by atoms with E-state index in [1.165, 1.54) is 16.9 Å². The molecule has 0 radical (unpaired) electrons. The van der Waals surface area contributed by atoms with Gasteiger partial charge in [0.15, 0.2) is 0 Å². The minimum Gasteiger partial charge on any atom is -0.374 e. The van der Waals surface area contributed by atoms with Crippen LogP contribution in [0.4, 0.5) is 5.13 Å². The normalized spacial score (nSPS) is 10.6. The number of rotatable bonds is 4. The summed E-state index contributed by atoms with van der Waals surface area (Å²) in [6, 6.07) is 8.41. The molecule has 0 aliphatic carbocycles. The average Bonchev–Trinajstić information content (AvgIpc) is 2.67. The Morgan fingerprint density at radius 3 is 2.50 bits per heavy atom. The molecule has 5 heteroatoms. The van der Waals surface area contributed by atoms with Crippen molar-refractivity contribution in [2.24, 2.45) is 0 Å². The molecule has 0 saturated heterocycles. The van der Waals surface area contributed by atoms with Gasteiger partial charge in [-0.25, -0.2) is 0 Å². The van der Waals surface area contributed by atoms with Crippen LogP contribution < -0.4 is 5.73 Å². The molecule has 2 aromatic rings. The Morgan fingerprint density at radius 2 is 1.88 bits per heavy atom. The molecular weight excluding hydrogens is 286 g/mol. The van der Waals surface area contributed by atoms with Crippen molar-refractivity contribution in [3.63, 3.8) is 0 Å². The molecule has 0 amide bonds. The van der Waals surface area contributed by atoms with Gasteiger partial charge < -0.3 is 5.73 Å². The number of anilines is 1. The van der Waals surface area contributed by atoms with Gasteiger partial charge in [-0.15, -0.1) is 10.2 Å². The van der Waals surface area contributed by atoms with Crippen LogP contribution in [-0.2, 0) is 12.8 Å². The molecule has 0 fully saturated rings. The highest BCUT2D eigenvalue weighted by molar-refractivity contribution is 9.10. The van der Waals surface area contributed by atoms with Gasteiger partial charge in [-0.2, -0.15) is 0 Å². The van der Waals surface area contributed by atoms with E-state index in [2.05, 4.69) is 50.4 Å². The van der Waals surface area contributed by atoms with Crippen LogP contribution >= 0.6 is 27.3 Å². The summed E-state index contributed by atoms with van der Waals surface area (Å²) >= 11 is 4.90. The molecule has 1 aromatic heterocycles. The number of halogens is 1. The second-order valence-electron chi connectivity index (χ2n) is 3.51. The maximum absolute atomic E-state index is 5.52. The highest BCUT2D eigenvalue weighted by Crippen LogP contribution is 2.15. The number of nitrogens with two attached hydrogens (primary N) is 1. The van der Waals surface area contributed by atoms with Crippen molar-refractivity contribution in [3.8, 4) is 0 Å². The van der Waals surface area contributed by atoms with Crippen molar-refractivity contribution in [2.45, 2.75) is 19.3 Å². The van der Waals surface area contributed by atoms with E-state index in [9.17, 15) is 0 Å². The number of hydrogen-bond donors (Lipinski definition) is 1. The Morgan fingerprint density at radius 1 is 1.12 bits per heavy atom. The number of aromatic nitrogens is 2. The summed E-state index contributed by atoms with van der Waals surface area (Å²) in [5.41, 5.74) is 6.87. The van der Waals surface area contributed by atoms with Crippen LogP contribution in [0.15, 0.2) is 28.7 Å². The maximum Gasteiger partial charge on any atom is 0.203 e. The van der Waals surface area contributed by atoms with Gasteiger partial charge in [-0.1, -0.05) is 39.4 Å². The van der Waals surface area contributed by atoms with Gasteiger partial charge in [0.1, 0.15) is 5.01 Å². The zero-order chi connectivity index (χ0) is 11.4. The zero-order valence-electron chi connectivity index (χ0n) is 8.69. The van der Waals surface area contributed by atoms with Crippen molar-refractivity contribution >= 4 is 32.4 Å². The van der Waals surface area contributed by atoms with Gasteiger partial charge in [-0.3, -0.25) is 0 Å². The molecule has 0 saturated carbocycles.